The standard InChI is InChI=1S/C16H13F3O3/c17-16(18,19)22-14-8-6-13(7-9-14)11-21-15(20)10-12-4-2-1-3-5-12/h1-9H,10-11H2. The molecule has 0 amide bonds. The van der Waals surface area contributed by atoms with Crippen molar-refractivity contribution in [3.63, 3.8) is 0 Å². The van der Waals surface area contributed by atoms with Crippen LogP contribution >= 0.6 is 0 Å². The van der Waals surface area contributed by atoms with Crippen molar-refractivity contribution in [2.24, 2.45) is 0 Å². The van der Waals surface area contributed by atoms with E-state index in [4.69, 9.17) is 4.74 Å². The molecule has 0 aliphatic carbocycles. The zero-order valence-electron chi connectivity index (χ0n) is 11.5. The number of carbonyl (C=O) groups excluding carboxylic acids is 1. The van der Waals surface area contributed by atoms with E-state index in [-0.39, 0.29) is 18.8 Å². The van der Waals surface area contributed by atoms with E-state index >= 15 is 0 Å². The minimum absolute atomic E-state index is 0.00202. The normalized spacial score (nSPS) is 11.0. The van der Waals surface area contributed by atoms with Crippen molar-refractivity contribution >= 4 is 5.97 Å². The lowest BCUT2D eigenvalue weighted by atomic mass is 10.1. The summed E-state index contributed by atoms with van der Waals surface area (Å²) in [7, 11) is 0. The van der Waals surface area contributed by atoms with Gasteiger partial charge in [0.05, 0.1) is 6.42 Å². The van der Waals surface area contributed by atoms with Gasteiger partial charge in [0.2, 0.25) is 0 Å². The Morgan fingerprint density at radius 2 is 1.55 bits per heavy atom. The molecule has 0 atom stereocenters. The maximum Gasteiger partial charge on any atom is 0.573 e. The molecule has 0 saturated carbocycles. The fourth-order valence-electron chi connectivity index (χ4n) is 1.76. The van der Waals surface area contributed by atoms with Crippen molar-refractivity contribution in [1.29, 1.82) is 0 Å². The molecule has 22 heavy (non-hydrogen) atoms. The van der Waals surface area contributed by atoms with Crippen LogP contribution in [0.4, 0.5) is 13.2 Å². The van der Waals surface area contributed by atoms with Crippen LogP contribution in [0.25, 0.3) is 0 Å². The Morgan fingerprint density at radius 3 is 2.14 bits per heavy atom. The Bertz CT molecular complexity index is 607. The van der Waals surface area contributed by atoms with E-state index in [1.165, 1.54) is 24.3 Å². The summed E-state index contributed by atoms with van der Waals surface area (Å²) >= 11 is 0. The summed E-state index contributed by atoms with van der Waals surface area (Å²) in [6, 6.07) is 14.3. The first-order valence-electron chi connectivity index (χ1n) is 6.46. The molecule has 116 valence electrons. The van der Waals surface area contributed by atoms with Gasteiger partial charge in [0, 0.05) is 0 Å². The summed E-state index contributed by atoms with van der Waals surface area (Å²) in [5.74, 6) is -0.714. The van der Waals surface area contributed by atoms with E-state index in [0.717, 1.165) is 5.56 Å². The second-order valence-corrected chi connectivity index (χ2v) is 4.51. The first kappa shape index (κ1) is 15.9. The number of carbonyl (C=O) groups is 1. The summed E-state index contributed by atoms with van der Waals surface area (Å²) < 4.78 is 44.9. The first-order valence-corrected chi connectivity index (χ1v) is 6.46. The van der Waals surface area contributed by atoms with Crippen LogP contribution in [0.15, 0.2) is 54.6 Å². The van der Waals surface area contributed by atoms with Gasteiger partial charge < -0.3 is 9.47 Å². The van der Waals surface area contributed by atoms with E-state index in [1.54, 1.807) is 0 Å². The minimum Gasteiger partial charge on any atom is -0.461 e. The average Bonchev–Trinajstić information content (AvgIpc) is 2.46. The average molecular weight is 310 g/mol. The molecule has 0 radical (unpaired) electrons. The lowest BCUT2D eigenvalue weighted by molar-refractivity contribution is -0.274. The predicted octanol–water partition coefficient (Wildman–Crippen LogP) is 3.87. The summed E-state index contributed by atoms with van der Waals surface area (Å²) in [4.78, 5) is 11.6. The van der Waals surface area contributed by atoms with Crippen molar-refractivity contribution in [3.8, 4) is 5.75 Å². The van der Waals surface area contributed by atoms with E-state index in [9.17, 15) is 18.0 Å². The number of esters is 1. The molecule has 0 aliphatic heterocycles. The van der Waals surface area contributed by atoms with Crippen LogP contribution in [0.5, 0.6) is 5.75 Å². The highest BCUT2D eigenvalue weighted by Gasteiger charge is 2.30. The third-order valence-electron chi connectivity index (χ3n) is 2.75. The number of benzene rings is 2. The molecular formula is C16H13F3O3. The van der Waals surface area contributed by atoms with Crippen LogP contribution in [0.3, 0.4) is 0 Å². The lowest BCUT2D eigenvalue weighted by Gasteiger charge is -2.09. The number of hydrogen-bond acceptors (Lipinski definition) is 3. The number of rotatable bonds is 5. The van der Waals surface area contributed by atoms with Gasteiger partial charge in [-0.1, -0.05) is 42.5 Å². The van der Waals surface area contributed by atoms with Gasteiger partial charge in [0.15, 0.2) is 0 Å². The van der Waals surface area contributed by atoms with E-state index < -0.39 is 12.3 Å². The molecule has 3 nitrogen and oxygen atoms in total. The molecule has 0 bridgehead atoms. The molecule has 0 saturated heterocycles. The SMILES string of the molecule is O=C(Cc1ccccc1)OCc1ccc(OC(F)(F)F)cc1. The van der Waals surface area contributed by atoms with Crippen molar-refractivity contribution in [3.05, 3.63) is 65.7 Å². The van der Waals surface area contributed by atoms with E-state index in [1.807, 2.05) is 30.3 Å². The largest absolute Gasteiger partial charge is 0.573 e. The van der Waals surface area contributed by atoms with Gasteiger partial charge in [0.25, 0.3) is 0 Å². The smallest absolute Gasteiger partial charge is 0.461 e. The fraction of sp³-hybridized carbons (Fsp3) is 0.188. The van der Waals surface area contributed by atoms with E-state index in [2.05, 4.69) is 4.74 Å². The number of ether oxygens (including phenoxy) is 2. The van der Waals surface area contributed by atoms with Crippen LogP contribution in [-0.2, 0) is 22.6 Å². The number of hydrogen-bond donors (Lipinski definition) is 0. The van der Waals surface area contributed by atoms with Gasteiger partial charge in [-0.3, -0.25) is 4.79 Å². The molecule has 2 rings (SSSR count). The molecule has 0 N–H and O–H groups in total. The fourth-order valence-corrected chi connectivity index (χ4v) is 1.76. The second-order valence-electron chi connectivity index (χ2n) is 4.51. The Balaban J connectivity index is 1.83. The Hall–Kier alpha value is -2.50. The van der Waals surface area contributed by atoms with Gasteiger partial charge >= 0.3 is 12.3 Å². The van der Waals surface area contributed by atoms with Crippen molar-refractivity contribution in [2.75, 3.05) is 0 Å². The molecule has 0 unspecified atom stereocenters. The van der Waals surface area contributed by atoms with Gasteiger partial charge in [-0.15, -0.1) is 13.2 Å². The van der Waals surface area contributed by atoms with Gasteiger partial charge in [-0.2, -0.15) is 0 Å². The monoisotopic (exact) mass is 310 g/mol. The summed E-state index contributed by atoms with van der Waals surface area (Å²) in [6.07, 6.45) is -4.57. The number of alkyl halides is 3. The molecular weight excluding hydrogens is 297 g/mol. The highest BCUT2D eigenvalue weighted by Crippen LogP contribution is 2.22. The minimum atomic E-state index is -4.72. The molecule has 6 heteroatoms. The Labute approximate surface area is 125 Å². The van der Waals surface area contributed by atoms with E-state index in [0.29, 0.717) is 5.56 Å². The molecule has 2 aromatic rings. The van der Waals surface area contributed by atoms with Crippen LogP contribution < -0.4 is 4.74 Å². The second kappa shape index (κ2) is 6.98. The Kier molecular flexibility index (Phi) is 5.04. The highest BCUT2D eigenvalue weighted by atomic mass is 19.4. The molecule has 0 aromatic heterocycles. The van der Waals surface area contributed by atoms with Crippen LogP contribution in [0.1, 0.15) is 11.1 Å². The van der Waals surface area contributed by atoms with Gasteiger partial charge in [0.1, 0.15) is 12.4 Å². The maximum atomic E-state index is 12.0. The summed E-state index contributed by atoms with van der Waals surface area (Å²) in [5.41, 5.74) is 1.41. The molecule has 0 aliphatic rings. The van der Waals surface area contributed by atoms with Gasteiger partial charge in [-0.25, -0.2) is 0 Å². The summed E-state index contributed by atoms with van der Waals surface area (Å²) in [6.45, 7) is -0.00202. The van der Waals surface area contributed by atoms with Crippen molar-refractivity contribution < 1.29 is 27.4 Å². The van der Waals surface area contributed by atoms with Crippen molar-refractivity contribution in [1.82, 2.24) is 0 Å². The molecule has 0 spiro atoms. The lowest BCUT2D eigenvalue weighted by Crippen LogP contribution is -2.17. The van der Waals surface area contributed by atoms with Crippen LogP contribution in [0.2, 0.25) is 0 Å². The Morgan fingerprint density at radius 1 is 0.909 bits per heavy atom. The summed E-state index contributed by atoms with van der Waals surface area (Å²) in [5, 5.41) is 0. The first-order chi connectivity index (χ1) is 10.4. The van der Waals surface area contributed by atoms with Crippen LogP contribution in [-0.4, -0.2) is 12.3 Å². The predicted molar refractivity (Wildman–Crippen MR) is 73.1 cm³/mol. The zero-order valence-corrected chi connectivity index (χ0v) is 11.5. The topological polar surface area (TPSA) is 35.5 Å². The maximum absolute atomic E-state index is 12.0. The molecule has 0 heterocycles. The third-order valence-corrected chi connectivity index (χ3v) is 2.75. The highest BCUT2D eigenvalue weighted by molar-refractivity contribution is 5.72. The third kappa shape index (κ3) is 5.47. The molecule has 2 aromatic carbocycles. The number of halogens is 3. The molecule has 0 fully saturated rings. The van der Waals surface area contributed by atoms with Crippen molar-refractivity contribution in [2.45, 2.75) is 19.4 Å². The van der Waals surface area contributed by atoms with Gasteiger partial charge in [-0.05, 0) is 23.3 Å². The quantitative estimate of drug-likeness (QED) is 0.786. The van der Waals surface area contributed by atoms with Crippen LogP contribution in [0, 0.1) is 0 Å². The zero-order chi connectivity index (χ0) is 16.0.